The molecule has 1 atom stereocenters. The Morgan fingerprint density at radius 1 is 1.13 bits per heavy atom. The molecule has 1 aliphatic rings. The fourth-order valence-electron chi connectivity index (χ4n) is 3.57. The van der Waals surface area contributed by atoms with Crippen molar-refractivity contribution in [3.05, 3.63) is 60.3 Å². The number of benzene rings is 2. The van der Waals surface area contributed by atoms with E-state index in [1.165, 1.54) is 0 Å². The van der Waals surface area contributed by atoms with E-state index in [9.17, 15) is 14.4 Å². The van der Waals surface area contributed by atoms with E-state index in [4.69, 9.17) is 4.74 Å². The summed E-state index contributed by atoms with van der Waals surface area (Å²) in [6, 6.07) is 13.5. The van der Waals surface area contributed by atoms with Gasteiger partial charge < -0.3 is 20.4 Å². The summed E-state index contributed by atoms with van der Waals surface area (Å²) in [4.78, 5) is 41.7. The zero-order valence-electron chi connectivity index (χ0n) is 16.5. The molecule has 2 aromatic carbocycles. The number of para-hydroxylation sites is 3. The highest BCUT2D eigenvalue weighted by Crippen LogP contribution is 2.24. The molecule has 0 bridgehead atoms. The van der Waals surface area contributed by atoms with Crippen LogP contribution in [-0.2, 0) is 16.0 Å². The largest absolute Gasteiger partial charge is 0.492 e. The number of amides is 4. The van der Waals surface area contributed by atoms with Crippen LogP contribution in [0, 0.1) is 0 Å². The first-order chi connectivity index (χ1) is 14.6. The third-order valence-electron chi connectivity index (χ3n) is 4.97. The number of fused-ring (bicyclic) bond motifs is 1. The molecule has 4 rings (SSSR count). The van der Waals surface area contributed by atoms with Crippen LogP contribution in [0.3, 0.4) is 0 Å². The second-order valence-corrected chi connectivity index (χ2v) is 6.97. The molecule has 0 unspecified atom stereocenters. The molecule has 4 amide bonds. The topological polar surface area (TPSA) is 104 Å². The maximum absolute atomic E-state index is 12.8. The van der Waals surface area contributed by atoms with Crippen LogP contribution in [0.25, 0.3) is 10.9 Å². The standard InChI is InChI=1S/C22H22N4O4/c1-2-30-19-10-6-5-9-17(19)24-20(27)13-26-21(28)18(25-22(26)29)11-14-12-23-16-8-4-3-7-15(14)16/h3-10,12,18,23H,2,11,13H2,1H3,(H,24,27)(H,25,29)/t18-/m0/s1. The van der Waals surface area contributed by atoms with Crippen LogP contribution in [-0.4, -0.2) is 46.9 Å². The summed E-state index contributed by atoms with van der Waals surface area (Å²) in [6.07, 6.45) is 2.18. The molecule has 0 aliphatic carbocycles. The number of carbonyl (C=O) groups excluding carboxylic acids is 3. The molecule has 1 fully saturated rings. The van der Waals surface area contributed by atoms with Gasteiger partial charge in [0.2, 0.25) is 5.91 Å². The Morgan fingerprint density at radius 3 is 2.73 bits per heavy atom. The summed E-state index contributed by atoms with van der Waals surface area (Å²) in [5.74, 6) is -0.361. The van der Waals surface area contributed by atoms with Crippen LogP contribution < -0.4 is 15.4 Å². The molecule has 3 N–H and O–H groups in total. The third kappa shape index (κ3) is 3.84. The van der Waals surface area contributed by atoms with E-state index >= 15 is 0 Å². The van der Waals surface area contributed by atoms with Gasteiger partial charge in [0, 0.05) is 23.5 Å². The number of carbonyl (C=O) groups is 3. The molecule has 8 nitrogen and oxygen atoms in total. The normalized spacial score (nSPS) is 16.0. The Morgan fingerprint density at radius 2 is 1.90 bits per heavy atom. The summed E-state index contributed by atoms with van der Waals surface area (Å²) in [6.45, 7) is 1.94. The van der Waals surface area contributed by atoms with Gasteiger partial charge in [-0.25, -0.2) is 4.79 Å². The molecule has 3 aromatic rings. The zero-order chi connectivity index (χ0) is 21.1. The number of H-pyrrole nitrogens is 1. The van der Waals surface area contributed by atoms with E-state index < -0.39 is 23.9 Å². The number of anilines is 1. The molecular weight excluding hydrogens is 384 g/mol. The Bertz CT molecular complexity index is 1110. The van der Waals surface area contributed by atoms with Crippen molar-refractivity contribution in [1.82, 2.24) is 15.2 Å². The number of imide groups is 1. The lowest BCUT2D eigenvalue weighted by Crippen LogP contribution is -2.38. The monoisotopic (exact) mass is 406 g/mol. The number of rotatable bonds is 7. The van der Waals surface area contributed by atoms with Crippen molar-refractivity contribution in [2.24, 2.45) is 0 Å². The van der Waals surface area contributed by atoms with Gasteiger partial charge in [0.1, 0.15) is 18.3 Å². The second-order valence-electron chi connectivity index (χ2n) is 6.97. The average molecular weight is 406 g/mol. The fraction of sp³-hybridized carbons (Fsp3) is 0.227. The number of aromatic nitrogens is 1. The van der Waals surface area contributed by atoms with Gasteiger partial charge in [-0.2, -0.15) is 0 Å². The number of ether oxygens (including phenoxy) is 1. The highest BCUT2D eigenvalue weighted by molar-refractivity contribution is 6.08. The average Bonchev–Trinajstić information content (AvgIpc) is 3.26. The molecular formula is C22H22N4O4. The first kappa shape index (κ1) is 19.5. The number of hydrogen-bond acceptors (Lipinski definition) is 4. The highest BCUT2D eigenvalue weighted by atomic mass is 16.5. The van der Waals surface area contributed by atoms with Gasteiger partial charge in [-0.15, -0.1) is 0 Å². The lowest BCUT2D eigenvalue weighted by molar-refractivity contribution is -0.130. The molecule has 0 saturated carbocycles. The van der Waals surface area contributed by atoms with Crippen LogP contribution in [0.5, 0.6) is 5.75 Å². The zero-order valence-corrected chi connectivity index (χ0v) is 16.5. The number of urea groups is 1. The minimum Gasteiger partial charge on any atom is -0.492 e. The molecule has 8 heteroatoms. The van der Waals surface area contributed by atoms with Crippen molar-refractivity contribution in [2.45, 2.75) is 19.4 Å². The summed E-state index contributed by atoms with van der Waals surface area (Å²) < 4.78 is 5.48. The lowest BCUT2D eigenvalue weighted by atomic mass is 10.1. The molecule has 30 heavy (non-hydrogen) atoms. The van der Waals surface area contributed by atoms with E-state index in [0.717, 1.165) is 21.4 Å². The molecule has 1 saturated heterocycles. The smallest absolute Gasteiger partial charge is 0.325 e. The van der Waals surface area contributed by atoms with Crippen molar-refractivity contribution < 1.29 is 19.1 Å². The van der Waals surface area contributed by atoms with Gasteiger partial charge in [0.15, 0.2) is 0 Å². The first-order valence-corrected chi connectivity index (χ1v) is 9.75. The maximum atomic E-state index is 12.8. The Balaban J connectivity index is 1.42. The predicted octanol–water partition coefficient (Wildman–Crippen LogP) is 2.67. The summed E-state index contributed by atoms with van der Waals surface area (Å²) in [5.41, 5.74) is 2.39. The van der Waals surface area contributed by atoms with Crippen LogP contribution in [0.15, 0.2) is 54.7 Å². The molecule has 154 valence electrons. The summed E-state index contributed by atoms with van der Waals surface area (Å²) >= 11 is 0. The number of nitrogens with one attached hydrogen (secondary N) is 3. The Kier molecular flexibility index (Phi) is 5.38. The van der Waals surface area contributed by atoms with Crippen LogP contribution in [0.2, 0.25) is 0 Å². The molecule has 0 spiro atoms. The first-order valence-electron chi connectivity index (χ1n) is 9.75. The molecule has 1 aliphatic heterocycles. The molecule has 2 heterocycles. The molecule has 0 radical (unpaired) electrons. The predicted molar refractivity (Wildman–Crippen MR) is 112 cm³/mol. The minimum absolute atomic E-state index is 0.347. The number of hydrogen-bond donors (Lipinski definition) is 3. The van der Waals surface area contributed by atoms with Crippen LogP contribution >= 0.6 is 0 Å². The van der Waals surface area contributed by atoms with Gasteiger partial charge in [0.05, 0.1) is 12.3 Å². The van der Waals surface area contributed by atoms with Crippen LogP contribution in [0.4, 0.5) is 10.5 Å². The Hall–Kier alpha value is -3.81. The minimum atomic E-state index is -0.708. The number of nitrogens with zero attached hydrogens (tertiary/aromatic N) is 1. The summed E-state index contributed by atoms with van der Waals surface area (Å²) in [5, 5.41) is 6.38. The lowest BCUT2D eigenvalue weighted by Gasteiger charge is -2.15. The highest BCUT2D eigenvalue weighted by Gasteiger charge is 2.39. The van der Waals surface area contributed by atoms with Crippen molar-refractivity contribution in [3.63, 3.8) is 0 Å². The van der Waals surface area contributed by atoms with Crippen molar-refractivity contribution >= 4 is 34.4 Å². The van der Waals surface area contributed by atoms with E-state index in [-0.39, 0.29) is 6.54 Å². The quantitative estimate of drug-likeness (QED) is 0.525. The van der Waals surface area contributed by atoms with Crippen LogP contribution in [0.1, 0.15) is 12.5 Å². The second kappa shape index (κ2) is 8.28. The van der Waals surface area contributed by atoms with Gasteiger partial charge in [-0.3, -0.25) is 14.5 Å². The van der Waals surface area contributed by atoms with Gasteiger partial charge >= 0.3 is 6.03 Å². The molecule has 1 aromatic heterocycles. The Labute approximate surface area is 173 Å². The third-order valence-corrected chi connectivity index (χ3v) is 4.97. The van der Waals surface area contributed by atoms with Gasteiger partial charge in [0.25, 0.3) is 5.91 Å². The van der Waals surface area contributed by atoms with E-state index in [1.54, 1.807) is 24.3 Å². The van der Waals surface area contributed by atoms with Crippen molar-refractivity contribution in [2.75, 3.05) is 18.5 Å². The maximum Gasteiger partial charge on any atom is 0.325 e. The van der Waals surface area contributed by atoms with Gasteiger partial charge in [-0.1, -0.05) is 30.3 Å². The fourth-order valence-corrected chi connectivity index (χ4v) is 3.57. The van der Waals surface area contributed by atoms with Crippen molar-refractivity contribution in [1.29, 1.82) is 0 Å². The van der Waals surface area contributed by atoms with Crippen molar-refractivity contribution in [3.8, 4) is 5.75 Å². The van der Waals surface area contributed by atoms with E-state index in [1.807, 2.05) is 37.4 Å². The SMILES string of the molecule is CCOc1ccccc1NC(=O)CN1C(=O)N[C@@H](Cc2c[nH]c3ccccc23)C1=O. The van der Waals surface area contributed by atoms with Gasteiger partial charge in [-0.05, 0) is 30.7 Å². The number of aromatic amines is 1. The van der Waals surface area contributed by atoms with E-state index in [0.29, 0.717) is 24.5 Å². The van der Waals surface area contributed by atoms with E-state index in [2.05, 4.69) is 15.6 Å². The summed E-state index contributed by atoms with van der Waals surface area (Å²) in [7, 11) is 0.